The van der Waals surface area contributed by atoms with E-state index in [0.717, 1.165) is 6.92 Å². The fraction of sp³-hybridized carbons (Fsp3) is 0.500. The quantitative estimate of drug-likeness (QED) is 0.421. The molecule has 5 nitrogen and oxygen atoms in total. The summed E-state index contributed by atoms with van der Waals surface area (Å²) in [6.45, 7) is 0.916. The molecule has 0 amide bonds. The van der Waals surface area contributed by atoms with Gasteiger partial charge in [0.2, 0.25) is 0 Å². The Balaban J connectivity index is -0.0000000817. The minimum absolute atomic E-state index is 0. The van der Waals surface area contributed by atoms with Crippen LogP contribution in [-0.2, 0) is 13.9 Å². The van der Waals surface area contributed by atoms with Crippen molar-refractivity contribution in [3.63, 3.8) is 0 Å². The topological polar surface area (TPSA) is 83.8 Å². The Labute approximate surface area is 84.6 Å². The van der Waals surface area contributed by atoms with E-state index in [4.69, 9.17) is 9.79 Å². The normalized spacial score (nSPS) is 9.67. The number of phosphoric acid groups is 1. The largest absolute Gasteiger partial charge is 2.00 e. The maximum atomic E-state index is 9.74. The molecular weight excluding hydrogens is 175 g/mol. The molecule has 0 unspecified atom stereocenters. The first-order valence-electron chi connectivity index (χ1n) is 1.67. The molecule has 52 valence electrons. The summed E-state index contributed by atoms with van der Waals surface area (Å²) < 4.78 is 13.2. The van der Waals surface area contributed by atoms with Gasteiger partial charge in [0.05, 0.1) is 0 Å². The summed E-state index contributed by atoms with van der Waals surface area (Å²) in [5.74, 6) is -0.988. The minimum atomic E-state index is -4.57. The molecular formula is C2H7CaO5P. The Hall–Kier alpha value is 0.880. The van der Waals surface area contributed by atoms with E-state index in [9.17, 15) is 9.36 Å². The van der Waals surface area contributed by atoms with E-state index in [-0.39, 0.29) is 40.6 Å². The Morgan fingerprint density at radius 1 is 1.67 bits per heavy atom. The third-order valence-electron chi connectivity index (χ3n) is 0.247. The predicted octanol–water partition coefficient (Wildman–Crippen LogP) is -0.514. The Morgan fingerprint density at radius 2 is 2.00 bits per heavy atom. The van der Waals surface area contributed by atoms with E-state index in [1.54, 1.807) is 0 Å². The average molecular weight is 182 g/mol. The van der Waals surface area contributed by atoms with Gasteiger partial charge in [-0.2, -0.15) is 0 Å². The number of rotatable bonds is 1. The van der Waals surface area contributed by atoms with Gasteiger partial charge in [-0.1, -0.05) is 0 Å². The van der Waals surface area contributed by atoms with Crippen LogP contribution in [0.1, 0.15) is 9.78 Å². The SMILES string of the molecule is CC(=O)OP(=O)(O)O.[Ca+2].[H-].[H-]. The number of hydrogen-bond donors (Lipinski definition) is 2. The molecule has 0 aromatic carbocycles. The molecule has 7 heteroatoms. The Bertz CT molecular complexity index is 145. The standard InChI is InChI=1S/C2H5O5P.Ca.2H/c1-2(3)7-8(4,5)6;;;/h1H3,(H2,4,5,6);;;/q;+2;2*-1. The van der Waals surface area contributed by atoms with Gasteiger partial charge < -0.3 is 7.38 Å². The number of carbonyl (C=O) groups is 1. The van der Waals surface area contributed by atoms with Crippen LogP contribution in [0.15, 0.2) is 0 Å². The first kappa shape index (κ1) is 12.5. The summed E-state index contributed by atoms with van der Waals surface area (Å²) in [7, 11) is -4.57. The van der Waals surface area contributed by atoms with Gasteiger partial charge in [-0.3, -0.25) is 14.6 Å². The van der Waals surface area contributed by atoms with Gasteiger partial charge in [0, 0.05) is 6.92 Å². The van der Waals surface area contributed by atoms with E-state index in [1.165, 1.54) is 0 Å². The summed E-state index contributed by atoms with van der Waals surface area (Å²) in [6.07, 6.45) is 0. The van der Waals surface area contributed by atoms with Crippen LogP contribution in [0.4, 0.5) is 0 Å². The number of phosphoric ester groups is 1. The van der Waals surface area contributed by atoms with Crippen molar-refractivity contribution in [3.05, 3.63) is 0 Å². The summed E-state index contributed by atoms with van der Waals surface area (Å²) in [5, 5.41) is 0. The first-order chi connectivity index (χ1) is 3.42. The molecule has 0 fully saturated rings. The summed E-state index contributed by atoms with van der Waals surface area (Å²) >= 11 is 0. The zero-order valence-corrected chi connectivity index (χ0v) is 7.88. The van der Waals surface area contributed by atoms with Gasteiger partial charge >= 0.3 is 51.5 Å². The Morgan fingerprint density at radius 3 is 2.00 bits per heavy atom. The second kappa shape index (κ2) is 4.66. The molecule has 0 saturated carbocycles. The van der Waals surface area contributed by atoms with Crippen molar-refractivity contribution in [2.75, 3.05) is 0 Å². The number of hydrogen-bond acceptors (Lipinski definition) is 3. The Kier molecular flexibility index (Phi) is 6.49. The molecule has 0 atom stereocenters. The van der Waals surface area contributed by atoms with E-state index < -0.39 is 13.8 Å². The molecule has 0 aliphatic carbocycles. The minimum Gasteiger partial charge on any atom is -1.00 e. The molecule has 0 aromatic heterocycles. The molecule has 0 spiro atoms. The van der Waals surface area contributed by atoms with Crippen molar-refractivity contribution >= 4 is 51.5 Å². The van der Waals surface area contributed by atoms with Gasteiger partial charge in [0.1, 0.15) is 0 Å². The van der Waals surface area contributed by atoms with Crippen LogP contribution in [-0.4, -0.2) is 53.5 Å². The van der Waals surface area contributed by atoms with Gasteiger partial charge in [0.25, 0.3) is 0 Å². The molecule has 9 heavy (non-hydrogen) atoms. The van der Waals surface area contributed by atoms with Crippen molar-refractivity contribution < 1.29 is 26.5 Å². The fourth-order valence-corrected chi connectivity index (χ4v) is 0.502. The molecule has 0 aliphatic heterocycles. The van der Waals surface area contributed by atoms with Gasteiger partial charge in [-0.15, -0.1) is 0 Å². The van der Waals surface area contributed by atoms with Gasteiger partial charge in [-0.25, -0.2) is 4.57 Å². The van der Waals surface area contributed by atoms with Crippen LogP contribution >= 0.6 is 7.82 Å². The van der Waals surface area contributed by atoms with E-state index >= 15 is 0 Å². The first-order valence-corrected chi connectivity index (χ1v) is 3.20. The average Bonchev–Trinajstić information content (AvgIpc) is 1.21. The van der Waals surface area contributed by atoms with E-state index in [1.807, 2.05) is 0 Å². The zero-order valence-electron chi connectivity index (χ0n) is 6.77. The van der Waals surface area contributed by atoms with E-state index in [2.05, 4.69) is 4.52 Å². The van der Waals surface area contributed by atoms with Crippen molar-refractivity contribution in [1.29, 1.82) is 0 Å². The molecule has 0 rings (SSSR count). The summed E-state index contributed by atoms with van der Waals surface area (Å²) in [4.78, 5) is 25.5. The van der Waals surface area contributed by atoms with Gasteiger partial charge in [-0.05, 0) is 0 Å². The monoisotopic (exact) mass is 182 g/mol. The molecule has 0 bridgehead atoms. The molecule has 0 heterocycles. The third kappa shape index (κ3) is 12.2. The second-order valence-corrected chi connectivity index (χ2v) is 2.24. The summed E-state index contributed by atoms with van der Waals surface area (Å²) in [6, 6.07) is 0. The van der Waals surface area contributed by atoms with Crippen molar-refractivity contribution in [2.24, 2.45) is 0 Å². The van der Waals surface area contributed by atoms with E-state index in [0.29, 0.717) is 0 Å². The zero-order chi connectivity index (χ0) is 6.78. The third-order valence-corrected chi connectivity index (χ3v) is 0.742. The molecule has 0 saturated heterocycles. The predicted molar refractivity (Wildman–Crippen MR) is 31.8 cm³/mol. The molecule has 0 aromatic rings. The van der Waals surface area contributed by atoms with Gasteiger partial charge in [0.15, 0.2) is 0 Å². The molecule has 0 radical (unpaired) electrons. The summed E-state index contributed by atoms with van der Waals surface area (Å²) in [5.41, 5.74) is 0. The van der Waals surface area contributed by atoms with Crippen molar-refractivity contribution in [3.8, 4) is 0 Å². The maximum Gasteiger partial charge on any atom is 2.00 e. The smallest absolute Gasteiger partial charge is 1.00 e. The molecule has 0 aliphatic rings. The second-order valence-electron chi connectivity index (χ2n) is 1.07. The molecule has 2 N–H and O–H groups in total. The van der Waals surface area contributed by atoms with Crippen LogP contribution in [0.3, 0.4) is 0 Å². The fourth-order valence-electron chi connectivity index (χ4n) is 0.167. The van der Waals surface area contributed by atoms with Crippen molar-refractivity contribution in [1.82, 2.24) is 0 Å². The van der Waals surface area contributed by atoms with Crippen molar-refractivity contribution in [2.45, 2.75) is 6.92 Å². The van der Waals surface area contributed by atoms with Crippen LogP contribution in [0, 0.1) is 0 Å². The van der Waals surface area contributed by atoms with Crippen LogP contribution in [0.25, 0.3) is 0 Å². The van der Waals surface area contributed by atoms with Crippen LogP contribution in [0.5, 0.6) is 0 Å². The number of carbonyl (C=O) groups excluding carboxylic acids is 1. The maximum absolute atomic E-state index is 9.74. The van der Waals surface area contributed by atoms with Crippen LogP contribution < -0.4 is 0 Å². The van der Waals surface area contributed by atoms with Crippen LogP contribution in [0.2, 0.25) is 0 Å².